The Morgan fingerprint density at radius 1 is 1.04 bits per heavy atom. The summed E-state index contributed by atoms with van der Waals surface area (Å²) in [4.78, 5) is 8.35. The molecule has 0 bridgehead atoms. The monoisotopic (exact) mass is 381 g/mol. The highest BCUT2D eigenvalue weighted by Gasteiger charge is 2.51. The first-order valence-electron chi connectivity index (χ1n) is 8.26. The van der Waals surface area contributed by atoms with E-state index >= 15 is 0 Å². The molecule has 6 nitrogen and oxygen atoms in total. The van der Waals surface area contributed by atoms with Crippen LogP contribution in [0.2, 0.25) is 0 Å². The summed E-state index contributed by atoms with van der Waals surface area (Å²) in [5.74, 6) is -0.110. The lowest BCUT2D eigenvalue weighted by Gasteiger charge is -2.32. The van der Waals surface area contributed by atoms with Crippen molar-refractivity contribution in [3.05, 3.63) is 36.7 Å². The van der Waals surface area contributed by atoms with Crippen LogP contribution in [-0.4, -0.2) is 34.7 Å². The molecule has 0 radical (unpaired) electrons. The van der Waals surface area contributed by atoms with E-state index in [0.29, 0.717) is 11.2 Å². The quantitative estimate of drug-likeness (QED) is 0.819. The zero-order chi connectivity index (χ0) is 19.9. The minimum Gasteiger partial charge on any atom is -0.406 e. The van der Waals surface area contributed by atoms with Crippen molar-refractivity contribution in [1.29, 1.82) is 0 Å². The van der Waals surface area contributed by atoms with Crippen LogP contribution in [0.5, 0.6) is 5.75 Å². The number of hydrogen-bond acceptors (Lipinski definition) is 6. The molecule has 1 saturated heterocycles. The molecule has 0 spiro atoms. The molecule has 2 aromatic rings. The predicted molar refractivity (Wildman–Crippen MR) is 94.2 cm³/mol. The van der Waals surface area contributed by atoms with Crippen LogP contribution in [0.4, 0.5) is 24.8 Å². The molecule has 0 saturated carbocycles. The molecule has 1 N–H and O–H groups in total. The third-order valence-electron chi connectivity index (χ3n) is 4.52. The number of rotatable bonds is 4. The van der Waals surface area contributed by atoms with Crippen LogP contribution in [0, 0.1) is 0 Å². The van der Waals surface area contributed by atoms with Crippen LogP contribution in [-0.2, 0) is 9.31 Å². The summed E-state index contributed by atoms with van der Waals surface area (Å²) in [5, 5.41) is 2.83. The lowest BCUT2D eigenvalue weighted by atomic mass is 9.81. The zero-order valence-electron chi connectivity index (χ0n) is 15.3. The number of aromatic nitrogens is 2. The molecule has 1 aromatic carbocycles. The Kier molecular flexibility index (Phi) is 4.81. The first kappa shape index (κ1) is 19.4. The maximum Gasteiger partial charge on any atom is 0.573 e. The van der Waals surface area contributed by atoms with Gasteiger partial charge in [0.2, 0.25) is 5.95 Å². The number of anilines is 2. The van der Waals surface area contributed by atoms with Gasteiger partial charge in [-0.05, 0) is 39.8 Å². The second kappa shape index (κ2) is 6.68. The molecule has 27 heavy (non-hydrogen) atoms. The third kappa shape index (κ3) is 4.51. The summed E-state index contributed by atoms with van der Waals surface area (Å²) >= 11 is 0. The molecule has 0 aliphatic carbocycles. The maximum absolute atomic E-state index is 12.3. The molecule has 0 unspecified atom stereocenters. The van der Waals surface area contributed by atoms with Gasteiger partial charge in [0.1, 0.15) is 5.75 Å². The summed E-state index contributed by atoms with van der Waals surface area (Å²) in [5.41, 5.74) is 0.0505. The summed E-state index contributed by atoms with van der Waals surface area (Å²) in [6, 6.07) is 5.43. The average molecular weight is 381 g/mol. The Bertz CT molecular complexity index is 797. The molecule has 10 heteroatoms. The number of benzene rings is 1. The van der Waals surface area contributed by atoms with Gasteiger partial charge >= 0.3 is 13.5 Å². The van der Waals surface area contributed by atoms with Gasteiger partial charge in [0.05, 0.1) is 11.2 Å². The molecular formula is C17H19BF3N3O3. The van der Waals surface area contributed by atoms with Crippen LogP contribution in [0.3, 0.4) is 0 Å². The lowest BCUT2D eigenvalue weighted by molar-refractivity contribution is -0.274. The molecule has 0 amide bonds. The van der Waals surface area contributed by atoms with E-state index in [4.69, 9.17) is 9.31 Å². The summed E-state index contributed by atoms with van der Waals surface area (Å²) in [6.45, 7) is 7.78. The molecule has 0 atom stereocenters. The van der Waals surface area contributed by atoms with E-state index in [1.54, 1.807) is 18.5 Å². The van der Waals surface area contributed by atoms with E-state index < -0.39 is 24.7 Å². The van der Waals surface area contributed by atoms with Crippen molar-refractivity contribution in [2.45, 2.75) is 45.3 Å². The Labute approximate surface area is 155 Å². The fraction of sp³-hybridized carbons (Fsp3) is 0.412. The molecule has 2 heterocycles. The molecule has 1 aliphatic heterocycles. The fourth-order valence-electron chi connectivity index (χ4n) is 2.40. The highest BCUT2D eigenvalue weighted by molar-refractivity contribution is 6.61. The van der Waals surface area contributed by atoms with E-state index in [1.807, 2.05) is 27.7 Å². The maximum atomic E-state index is 12.3. The van der Waals surface area contributed by atoms with E-state index in [9.17, 15) is 13.2 Å². The van der Waals surface area contributed by atoms with Gasteiger partial charge in [0, 0.05) is 29.6 Å². The van der Waals surface area contributed by atoms with E-state index in [0.717, 1.165) is 0 Å². The number of alkyl halides is 3. The van der Waals surface area contributed by atoms with Crippen molar-refractivity contribution in [3.8, 4) is 5.75 Å². The number of halogens is 3. The number of ether oxygens (including phenoxy) is 1. The lowest BCUT2D eigenvalue weighted by Crippen LogP contribution is -2.41. The van der Waals surface area contributed by atoms with Gasteiger partial charge in [-0.15, -0.1) is 13.2 Å². The van der Waals surface area contributed by atoms with Gasteiger partial charge in [0.15, 0.2) is 0 Å². The largest absolute Gasteiger partial charge is 0.573 e. The SMILES string of the molecule is CC1(C)OB(c2cnc(Nc3cccc(OC(F)(F)F)c3)nc2)OC1(C)C. The first-order chi connectivity index (χ1) is 12.5. The van der Waals surface area contributed by atoms with Crippen molar-refractivity contribution in [2.75, 3.05) is 5.32 Å². The van der Waals surface area contributed by atoms with Crippen LogP contribution in [0.25, 0.3) is 0 Å². The highest BCUT2D eigenvalue weighted by atomic mass is 19.4. The third-order valence-corrected chi connectivity index (χ3v) is 4.52. The van der Waals surface area contributed by atoms with Crippen LogP contribution >= 0.6 is 0 Å². The summed E-state index contributed by atoms with van der Waals surface area (Å²) < 4.78 is 52.7. The van der Waals surface area contributed by atoms with Gasteiger partial charge in [0.25, 0.3) is 0 Å². The molecular weight excluding hydrogens is 362 g/mol. The van der Waals surface area contributed by atoms with Gasteiger partial charge in [-0.2, -0.15) is 0 Å². The number of nitrogens with one attached hydrogen (secondary N) is 1. The van der Waals surface area contributed by atoms with Crippen molar-refractivity contribution in [3.63, 3.8) is 0 Å². The van der Waals surface area contributed by atoms with Crippen LogP contribution < -0.4 is 15.5 Å². The van der Waals surface area contributed by atoms with E-state index in [1.165, 1.54) is 18.2 Å². The molecule has 144 valence electrons. The predicted octanol–water partition coefficient (Wildman–Crippen LogP) is 3.42. The van der Waals surface area contributed by atoms with Gasteiger partial charge < -0.3 is 19.4 Å². The normalized spacial score (nSPS) is 18.4. The summed E-state index contributed by atoms with van der Waals surface area (Å²) in [6.07, 6.45) is -1.65. The Morgan fingerprint density at radius 3 is 2.19 bits per heavy atom. The highest BCUT2D eigenvalue weighted by Crippen LogP contribution is 2.36. The molecule has 1 fully saturated rings. The zero-order valence-corrected chi connectivity index (χ0v) is 15.3. The van der Waals surface area contributed by atoms with Gasteiger partial charge in [-0.3, -0.25) is 0 Å². The van der Waals surface area contributed by atoms with Gasteiger partial charge in [-0.1, -0.05) is 6.07 Å². The second-order valence-corrected chi connectivity index (χ2v) is 7.13. The Balaban J connectivity index is 1.69. The molecule has 3 rings (SSSR count). The summed E-state index contributed by atoms with van der Waals surface area (Å²) in [7, 11) is -0.590. The fourth-order valence-corrected chi connectivity index (χ4v) is 2.40. The van der Waals surface area contributed by atoms with Gasteiger partial charge in [-0.25, -0.2) is 9.97 Å². The smallest absolute Gasteiger partial charge is 0.406 e. The number of hydrogen-bond donors (Lipinski definition) is 1. The molecule has 1 aliphatic rings. The van der Waals surface area contributed by atoms with Crippen LogP contribution in [0.15, 0.2) is 36.7 Å². The first-order valence-corrected chi connectivity index (χ1v) is 8.26. The van der Waals surface area contributed by atoms with Crippen molar-refractivity contribution >= 4 is 24.2 Å². The van der Waals surface area contributed by atoms with Crippen molar-refractivity contribution in [2.24, 2.45) is 0 Å². The Hall–Kier alpha value is -2.33. The minimum atomic E-state index is -4.75. The van der Waals surface area contributed by atoms with E-state index in [-0.39, 0.29) is 11.7 Å². The minimum absolute atomic E-state index is 0.222. The number of nitrogens with zero attached hydrogens (tertiary/aromatic N) is 2. The topological polar surface area (TPSA) is 65.5 Å². The van der Waals surface area contributed by atoms with Crippen LogP contribution in [0.1, 0.15) is 27.7 Å². The molecule has 1 aromatic heterocycles. The average Bonchev–Trinajstić information content (AvgIpc) is 2.75. The van der Waals surface area contributed by atoms with Crippen molar-refractivity contribution in [1.82, 2.24) is 9.97 Å². The van der Waals surface area contributed by atoms with Crippen molar-refractivity contribution < 1.29 is 27.2 Å². The second-order valence-electron chi connectivity index (χ2n) is 7.13. The standard InChI is InChI=1S/C17H19BF3N3O3/c1-15(2)16(3,4)27-18(26-15)11-9-22-14(23-10-11)24-12-6-5-7-13(8-12)25-17(19,20)21/h5-10H,1-4H3,(H,22,23,24). The van der Waals surface area contributed by atoms with E-state index in [2.05, 4.69) is 20.0 Å². The Morgan fingerprint density at radius 2 is 1.63 bits per heavy atom.